The molecule has 1 heterocycles. The van der Waals surface area contributed by atoms with Crippen molar-refractivity contribution in [1.29, 1.82) is 0 Å². The van der Waals surface area contributed by atoms with E-state index in [9.17, 15) is 14.4 Å². The number of hydrogen-bond donors (Lipinski definition) is 1. The van der Waals surface area contributed by atoms with Gasteiger partial charge in [-0.15, -0.1) is 0 Å². The van der Waals surface area contributed by atoms with E-state index in [1.807, 2.05) is 19.1 Å². The van der Waals surface area contributed by atoms with E-state index in [2.05, 4.69) is 12.2 Å². The summed E-state index contributed by atoms with van der Waals surface area (Å²) in [5, 5.41) is 2.75. The van der Waals surface area contributed by atoms with E-state index in [1.165, 1.54) is 37.0 Å². The minimum Gasteiger partial charge on any atom is -0.466 e. The summed E-state index contributed by atoms with van der Waals surface area (Å²) in [6.07, 6.45) is 9.28. The van der Waals surface area contributed by atoms with Gasteiger partial charge in [-0.25, -0.2) is 0 Å². The number of esters is 1. The number of carbonyl (C=O) groups is 3. The van der Waals surface area contributed by atoms with Crippen molar-refractivity contribution in [1.82, 2.24) is 10.2 Å². The average molecular weight is 417 g/mol. The van der Waals surface area contributed by atoms with Crippen molar-refractivity contribution in [2.45, 2.75) is 77.7 Å². The first-order valence-electron chi connectivity index (χ1n) is 11.3. The normalized spacial score (nSPS) is 16.3. The fourth-order valence-electron chi connectivity index (χ4n) is 3.77. The van der Waals surface area contributed by atoms with Crippen LogP contribution in [0.5, 0.6) is 0 Å². The van der Waals surface area contributed by atoms with Gasteiger partial charge in [0.2, 0.25) is 5.91 Å². The summed E-state index contributed by atoms with van der Waals surface area (Å²) in [5.41, 5.74) is 1.41. The molecule has 0 bridgehead atoms. The molecule has 0 saturated carbocycles. The van der Waals surface area contributed by atoms with Crippen LogP contribution in [0.25, 0.3) is 0 Å². The van der Waals surface area contributed by atoms with Crippen molar-refractivity contribution in [3.63, 3.8) is 0 Å². The summed E-state index contributed by atoms with van der Waals surface area (Å²) in [7, 11) is 0. The highest BCUT2D eigenvalue weighted by atomic mass is 16.5. The zero-order chi connectivity index (χ0) is 21.8. The molecule has 1 unspecified atom stereocenters. The summed E-state index contributed by atoms with van der Waals surface area (Å²) in [5.74, 6) is -0.946. The van der Waals surface area contributed by atoms with Crippen molar-refractivity contribution >= 4 is 17.8 Å². The number of carbonyl (C=O) groups excluding carboxylic acids is 3. The molecule has 1 aliphatic rings. The number of ether oxygens (including phenoxy) is 1. The van der Waals surface area contributed by atoms with Crippen molar-refractivity contribution in [2.75, 3.05) is 19.7 Å². The van der Waals surface area contributed by atoms with E-state index >= 15 is 0 Å². The van der Waals surface area contributed by atoms with Gasteiger partial charge in [-0.05, 0) is 25.0 Å². The molecule has 1 aliphatic heterocycles. The molecule has 0 aromatic heterocycles. The van der Waals surface area contributed by atoms with Crippen molar-refractivity contribution in [3.05, 3.63) is 35.4 Å². The van der Waals surface area contributed by atoms with Gasteiger partial charge in [0, 0.05) is 18.7 Å². The average Bonchev–Trinajstić information content (AvgIpc) is 2.74. The lowest BCUT2D eigenvalue weighted by Gasteiger charge is -2.34. The third kappa shape index (κ3) is 7.47. The second-order valence-corrected chi connectivity index (χ2v) is 8.02. The molecule has 0 radical (unpaired) electrons. The minimum atomic E-state index is -0.822. The van der Waals surface area contributed by atoms with Crippen LogP contribution in [0.4, 0.5) is 0 Å². The Bertz CT molecular complexity index is 704. The third-order valence-corrected chi connectivity index (χ3v) is 5.59. The molecule has 1 aromatic rings. The highest BCUT2D eigenvalue weighted by Crippen LogP contribution is 2.17. The Balaban J connectivity index is 1.78. The summed E-state index contributed by atoms with van der Waals surface area (Å²) >= 11 is 0. The third-order valence-electron chi connectivity index (χ3n) is 5.59. The van der Waals surface area contributed by atoms with Crippen LogP contribution in [0.1, 0.15) is 80.6 Å². The Hall–Kier alpha value is -2.37. The van der Waals surface area contributed by atoms with E-state index in [0.717, 1.165) is 24.8 Å². The van der Waals surface area contributed by atoms with E-state index in [4.69, 9.17) is 4.74 Å². The molecule has 1 aromatic carbocycles. The molecule has 0 spiro atoms. The number of piperazine rings is 1. The van der Waals surface area contributed by atoms with Gasteiger partial charge in [-0.1, -0.05) is 70.1 Å². The highest BCUT2D eigenvalue weighted by Gasteiger charge is 2.35. The molecule has 166 valence electrons. The lowest BCUT2D eigenvalue weighted by Crippen LogP contribution is -2.58. The van der Waals surface area contributed by atoms with Crippen molar-refractivity contribution < 1.29 is 19.1 Å². The van der Waals surface area contributed by atoms with Crippen LogP contribution in [-0.2, 0) is 14.3 Å². The van der Waals surface area contributed by atoms with Crippen molar-refractivity contribution in [3.8, 4) is 0 Å². The highest BCUT2D eigenvalue weighted by molar-refractivity contribution is 6.00. The number of benzene rings is 1. The molecule has 1 saturated heterocycles. The predicted molar refractivity (Wildman–Crippen MR) is 117 cm³/mol. The van der Waals surface area contributed by atoms with Gasteiger partial charge in [0.05, 0.1) is 13.0 Å². The Kier molecular flexibility index (Phi) is 10.4. The van der Waals surface area contributed by atoms with Gasteiger partial charge in [-0.3, -0.25) is 14.4 Å². The van der Waals surface area contributed by atoms with Crippen LogP contribution in [0.3, 0.4) is 0 Å². The molecule has 6 heteroatoms. The molecule has 1 fully saturated rings. The lowest BCUT2D eigenvalue weighted by molar-refractivity contribution is -0.147. The second kappa shape index (κ2) is 13.0. The number of nitrogens with zero attached hydrogens (tertiary/aromatic N) is 1. The van der Waals surface area contributed by atoms with Gasteiger partial charge in [-0.2, -0.15) is 0 Å². The maximum atomic E-state index is 13.0. The maximum Gasteiger partial charge on any atom is 0.308 e. The molecule has 2 amide bonds. The number of unbranched alkanes of at least 4 members (excludes halogenated alkanes) is 7. The molecule has 1 atom stereocenters. The van der Waals surface area contributed by atoms with E-state index in [1.54, 1.807) is 12.1 Å². The van der Waals surface area contributed by atoms with Gasteiger partial charge in [0.25, 0.3) is 5.91 Å². The first-order chi connectivity index (χ1) is 14.5. The molecule has 6 nitrogen and oxygen atoms in total. The van der Waals surface area contributed by atoms with Gasteiger partial charge >= 0.3 is 5.97 Å². The molecule has 0 aliphatic carbocycles. The number of nitrogens with one attached hydrogen (secondary N) is 1. The fraction of sp³-hybridized carbons (Fsp3) is 0.625. The van der Waals surface area contributed by atoms with Crippen LogP contribution in [0, 0.1) is 6.92 Å². The monoisotopic (exact) mass is 416 g/mol. The smallest absolute Gasteiger partial charge is 0.308 e. The summed E-state index contributed by atoms with van der Waals surface area (Å²) in [6.45, 7) is 5.22. The summed E-state index contributed by atoms with van der Waals surface area (Å²) in [6, 6.07) is 6.47. The van der Waals surface area contributed by atoms with E-state index in [0.29, 0.717) is 25.3 Å². The molecular weight excluding hydrogens is 380 g/mol. The Morgan fingerprint density at radius 2 is 1.73 bits per heavy atom. The van der Waals surface area contributed by atoms with Gasteiger partial charge in [0.1, 0.15) is 6.04 Å². The van der Waals surface area contributed by atoms with Crippen LogP contribution in [-0.4, -0.2) is 48.4 Å². The Morgan fingerprint density at radius 1 is 1.07 bits per heavy atom. The first-order valence-corrected chi connectivity index (χ1v) is 11.3. The van der Waals surface area contributed by atoms with Gasteiger partial charge < -0.3 is 15.0 Å². The largest absolute Gasteiger partial charge is 0.466 e. The zero-order valence-electron chi connectivity index (χ0n) is 18.5. The summed E-state index contributed by atoms with van der Waals surface area (Å²) < 4.78 is 5.34. The molecular formula is C24H36N2O4. The zero-order valence-corrected chi connectivity index (χ0v) is 18.5. The van der Waals surface area contributed by atoms with Crippen molar-refractivity contribution in [2.24, 2.45) is 0 Å². The van der Waals surface area contributed by atoms with Gasteiger partial charge in [0.15, 0.2) is 0 Å². The van der Waals surface area contributed by atoms with Crippen LogP contribution >= 0.6 is 0 Å². The Morgan fingerprint density at radius 3 is 2.43 bits per heavy atom. The van der Waals surface area contributed by atoms with E-state index in [-0.39, 0.29) is 18.2 Å². The lowest BCUT2D eigenvalue weighted by atomic mass is 10.0. The van der Waals surface area contributed by atoms with E-state index < -0.39 is 12.0 Å². The number of rotatable bonds is 12. The van der Waals surface area contributed by atoms with Crippen LogP contribution in [0.2, 0.25) is 0 Å². The Labute approximate surface area is 180 Å². The number of hydrogen-bond acceptors (Lipinski definition) is 4. The topological polar surface area (TPSA) is 75.7 Å². The molecule has 2 rings (SSSR count). The second-order valence-electron chi connectivity index (χ2n) is 8.02. The van der Waals surface area contributed by atoms with Crippen LogP contribution < -0.4 is 5.32 Å². The fourth-order valence-corrected chi connectivity index (χ4v) is 3.77. The van der Waals surface area contributed by atoms with Crippen LogP contribution in [0.15, 0.2) is 24.3 Å². The number of amides is 2. The quantitative estimate of drug-likeness (QED) is 0.413. The number of aryl methyl sites for hydroxylation is 1. The molecule has 30 heavy (non-hydrogen) atoms. The minimum absolute atomic E-state index is 0.111. The molecule has 1 N–H and O–H groups in total. The maximum absolute atomic E-state index is 13.0. The summed E-state index contributed by atoms with van der Waals surface area (Å²) in [4.78, 5) is 39.1. The SMILES string of the molecule is CCCCCCCCCCOC(=O)CC1C(=O)NCCN1C(=O)c1ccccc1C. The standard InChI is InChI=1S/C24H36N2O4/c1-3-4-5-6-7-8-9-12-17-30-22(27)18-21-23(28)25-15-16-26(21)24(29)20-14-11-10-13-19(20)2/h10-11,13-14,21H,3-9,12,15-18H2,1-2H3,(H,25,28). The predicted octanol–water partition coefficient (Wildman–Crippen LogP) is 4.01. The first kappa shape index (κ1) is 23.9.